The maximum absolute atomic E-state index is 9.80. The fourth-order valence-electron chi connectivity index (χ4n) is 2.35. The van der Waals surface area contributed by atoms with E-state index in [1.54, 1.807) is 0 Å². The Balaban J connectivity index is 1.95. The summed E-state index contributed by atoms with van der Waals surface area (Å²) in [6.07, 6.45) is 2.92. The molecule has 1 aromatic carbocycles. The molecule has 1 atom stereocenters. The molecule has 106 valence electrons. The summed E-state index contributed by atoms with van der Waals surface area (Å²) in [5, 5.41) is 23.2. The van der Waals surface area contributed by atoms with Gasteiger partial charge in [0.25, 0.3) is 5.89 Å². The number of hydrogen-bond donors (Lipinski definition) is 2. The number of hydrogen-bond acceptors (Lipinski definition) is 6. The summed E-state index contributed by atoms with van der Waals surface area (Å²) in [6, 6.07) is 4.16. The molecule has 0 aliphatic carbocycles. The third-order valence-corrected chi connectivity index (χ3v) is 3.58. The summed E-state index contributed by atoms with van der Waals surface area (Å²) in [5.41, 5.74) is -0.241. The second-order valence-corrected chi connectivity index (χ2v) is 5.16. The zero-order valence-electron chi connectivity index (χ0n) is 11.2. The second-order valence-electron chi connectivity index (χ2n) is 5.16. The van der Waals surface area contributed by atoms with Crippen LogP contribution in [0.1, 0.15) is 32.0 Å². The number of benzene rings is 1. The van der Waals surface area contributed by atoms with Gasteiger partial charge in [-0.05, 0) is 44.4 Å². The molecular weight excluding hydrogens is 260 g/mol. The third kappa shape index (κ3) is 2.22. The van der Waals surface area contributed by atoms with Gasteiger partial charge in [-0.3, -0.25) is 0 Å². The van der Waals surface area contributed by atoms with Crippen LogP contribution in [0.15, 0.2) is 22.7 Å². The van der Waals surface area contributed by atoms with E-state index in [1.807, 2.05) is 6.92 Å². The monoisotopic (exact) mass is 276 g/mol. The zero-order chi connectivity index (χ0) is 14.2. The van der Waals surface area contributed by atoms with Gasteiger partial charge >= 0.3 is 0 Å². The Kier molecular flexibility index (Phi) is 3.10. The molecule has 1 fully saturated rings. The van der Waals surface area contributed by atoms with Crippen molar-refractivity contribution in [3.05, 3.63) is 24.0 Å². The lowest BCUT2D eigenvalue weighted by atomic mass is 9.95. The van der Waals surface area contributed by atoms with Crippen LogP contribution in [-0.2, 0) is 10.3 Å². The van der Waals surface area contributed by atoms with Gasteiger partial charge in [0.2, 0.25) is 5.82 Å². The lowest BCUT2D eigenvalue weighted by molar-refractivity contribution is -0.0770. The summed E-state index contributed by atoms with van der Waals surface area (Å²) < 4.78 is 11.0. The average molecular weight is 276 g/mol. The lowest BCUT2D eigenvalue weighted by Gasteiger charge is -2.30. The van der Waals surface area contributed by atoms with Crippen LogP contribution in [0.4, 0.5) is 0 Å². The fraction of sp³-hybridized carbons (Fsp3) is 0.429. The number of nitrogens with zero attached hydrogens (tertiary/aromatic N) is 2. The molecule has 0 bridgehead atoms. The van der Waals surface area contributed by atoms with E-state index >= 15 is 0 Å². The number of aromatic nitrogens is 2. The summed E-state index contributed by atoms with van der Waals surface area (Å²) in [4.78, 5) is 4.30. The van der Waals surface area contributed by atoms with Crippen molar-refractivity contribution in [1.29, 1.82) is 0 Å². The Morgan fingerprint density at radius 1 is 1.25 bits per heavy atom. The number of aromatic hydroxyl groups is 2. The first-order valence-electron chi connectivity index (χ1n) is 6.59. The van der Waals surface area contributed by atoms with Crippen LogP contribution in [0.25, 0.3) is 11.5 Å². The van der Waals surface area contributed by atoms with Gasteiger partial charge in [0.15, 0.2) is 0 Å². The van der Waals surface area contributed by atoms with Gasteiger partial charge in [0, 0.05) is 6.61 Å². The van der Waals surface area contributed by atoms with Crippen LogP contribution in [0, 0.1) is 0 Å². The van der Waals surface area contributed by atoms with Crippen molar-refractivity contribution in [2.75, 3.05) is 6.61 Å². The summed E-state index contributed by atoms with van der Waals surface area (Å²) >= 11 is 0. The molecule has 1 aromatic heterocycles. The predicted octanol–water partition coefficient (Wildman–Crippen LogP) is 2.56. The first kappa shape index (κ1) is 12.9. The quantitative estimate of drug-likeness (QED) is 0.819. The number of ether oxygens (including phenoxy) is 1. The van der Waals surface area contributed by atoms with Gasteiger partial charge in [0.1, 0.15) is 17.1 Å². The molecule has 20 heavy (non-hydrogen) atoms. The van der Waals surface area contributed by atoms with Gasteiger partial charge in [-0.2, -0.15) is 4.98 Å². The first-order chi connectivity index (χ1) is 9.58. The normalized spacial score (nSPS) is 22.9. The highest BCUT2D eigenvalue weighted by Gasteiger charge is 2.35. The Morgan fingerprint density at radius 2 is 2.10 bits per heavy atom. The molecule has 3 rings (SSSR count). The SMILES string of the molecule is CC1(c2noc(-c3cc(O)ccc3O)n2)CCCCO1. The smallest absolute Gasteiger partial charge is 0.261 e. The van der Waals surface area contributed by atoms with Crippen molar-refractivity contribution >= 4 is 0 Å². The molecule has 0 radical (unpaired) electrons. The molecule has 1 unspecified atom stereocenters. The number of phenols is 2. The minimum absolute atomic E-state index is 0.0206. The van der Waals surface area contributed by atoms with Gasteiger partial charge < -0.3 is 19.5 Å². The van der Waals surface area contributed by atoms with E-state index in [2.05, 4.69) is 10.1 Å². The molecule has 0 spiro atoms. The van der Waals surface area contributed by atoms with Crippen molar-refractivity contribution in [1.82, 2.24) is 10.1 Å². The van der Waals surface area contributed by atoms with Crippen molar-refractivity contribution < 1.29 is 19.5 Å². The van der Waals surface area contributed by atoms with E-state index < -0.39 is 5.60 Å². The van der Waals surface area contributed by atoms with Crippen LogP contribution in [0.5, 0.6) is 11.5 Å². The van der Waals surface area contributed by atoms with Crippen LogP contribution < -0.4 is 0 Å². The Morgan fingerprint density at radius 3 is 2.85 bits per heavy atom. The van der Waals surface area contributed by atoms with Crippen LogP contribution >= 0.6 is 0 Å². The van der Waals surface area contributed by atoms with Crippen molar-refractivity contribution in [3.63, 3.8) is 0 Å². The second kappa shape index (κ2) is 4.79. The van der Waals surface area contributed by atoms with E-state index in [4.69, 9.17) is 9.26 Å². The predicted molar refractivity (Wildman–Crippen MR) is 70.2 cm³/mol. The van der Waals surface area contributed by atoms with E-state index in [9.17, 15) is 10.2 Å². The van der Waals surface area contributed by atoms with Crippen LogP contribution in [0.2, 0.25) is 0 Å². The summed E-state index contributed by atoms with van der Waals surface area (Å²) in [6.45, 7) is 2.61. The Hall–Kier alpha value is -2.08. The number of rotatable bonds is 2. The average Bonchev–Trinajstić information content (AvgIpc) is 2.93. The summed E-state index contributed by atoms with van der Waals surface area (Å²) in [7, 11) is 0. The number of phenolic OH excluding ortho intramolecular Hbond substituents is 2. The van der Waals surface area contributed by atoms with E-state index in [-0.39, 0.29) is 17.4 Å². The van der Waals surface area contributed by atoms with E-state index in [0.29, 0.717) is 18.0 Å². The molecule has 6 heteroatoms. The Labute approximate surface area is 116 Å². The van der Waals surface area contributed by atoms with E-state index in [0.717, 1.165) is 19.3 Å². The molecule has 2 aromatic rings. The first-order valence-corrected chi connectivity index (χ1v) is 6.59. The van der Waals surface area contributed by atoms with Crippen molar-refractivity contribution in [2.24, 2.45) is 0 Å². The minimum Gasteiger partial charge on any atom is -0.508 e. The molecule has 6 nitrogen and oxygen atoms in total. The highest BCUT2D eigenvalue weighted by Crippen LogP contribution is 2.36. The fourth-order valence-corrected chi connectivity index (χ4v) is 2.35. The molecule has 2 heterocycles. The maximum Gasteiger partial charge on any atom is 0.261 e. The molecule has 0 amide bonds. The molecule has 1 aliphatic heterocycles. The highest BCUT2D eigenvalue weighted by atomic mass is 16.5. The van der Waals surface area contributed by atoms with Crippen LogP contribution in [-0.4, -0.2) is 27.0 Å². The Bertz CT molecular complexity index is 617. The van der Waals surface area contributed by atoms with Crippen molar-refractivity contribution in [2.45, 2.75) is 31.8 Å². The van der Waals surface area contributed by atoms with Gasteiger partial charge in [-0.1, -0.05) is 5.16 Å². The zero-order valence-corrected chi connectivity index (χ0v) is 11.2. The van der Waals surface area contributed by atoms with Gasteiger partial charge in [0.05, 0.1) is 5.56 Å². The standard InChI is InChI=1S/C14H16N2O4/c1-14(6-2-3-7-19-14)13-15-12(20-16-13)10-8-9(17)4-5-11(10)18/h4-5,8,17-18H,2-3,6-7H2,1H3. The summed E-state index contributed by atoms with van der Waals surface area (Å²) in [5.74, 6) is 0.643. The largest absolute Gasteiger partial charge is 0.508 e. The molecule has 2 N–H and O–H groups in total. The highest BCUT2D eigenvalue weighted by molar-refractivity contribution is 5.64. The molecule has 0 saturated carbocycles. The molecular formula is C14H16N2O4. The van der Waals surface area contributed by atoms with E-state index in [1.165, 1.54) is 18.2 Å². The van der Waals surface area contributed by atoms with Crippen molar-refractivity contribution in [3.8, 4) is 23.0 Å². The molecule has 1 aliphatic rings. The topological polar surface area (TPSA) is 88.6 Å². The molecule has 1 saturated heterocycles. The lowest BCUT2D eigenvalue weighted by Crippen LogP contribution is -2.31. The van der Waals surface area contributed by atoms with Gasteiger partial charge in [-0.25, -0.2) is 0 Å². The minimum atomic E-state index is -0.549. The van der Waals surface area contributed by atoms with Crippen LogP contribution in [0.3, 0.4) is 0 Å². The maximum atomic E-state index is 9.80. The third-order valence-electron chi connectivity index (χ3n) is 3.58. The van der Waals surface area contributed by atoms with Gasteiger partial charge in [-0.15, -0.1) is 0 Å².